The number of carbonyl (C=O) groups excluding carboxylic acids is 1. The lowest BCUT2D eigenvalue weighted by molar-refractivity contribution is 0.0498. The van der Waals surface area contributed by atoms with Crippen LogP contribution < -0.4 is 0 Å². The van der Waals surface area contributed by atoms with Crippen LogP contribution in [0.4, 0.5) is 4.39 Å². The average Bonchev–Trinajstić information content (AvgIpc) is 3.32. The summed E-state index contributed by atoms with van der Waals surface area (Å²) in [6, 6.07) is 10.3. The first kappa shape index (κ1) is 17.9. The number of carbonyl (C=O) groups is 1. The molecule has 0 aliphatic carbocycles. The maximum absolute atomic E-state index is 13.3. The first-order chi connectivity index (χ1) is 13.0. The topological polar surface area (TPSA) is 51.0 Å². The second kappa shape index (κ2) is 7.23. The summed E-state index contributed by atoms with van der Waals surface area (Å²) in [5, 5.41) is 6.46. The van der Waals surface area contributed by atoms with Crippen LogP contribution in [0.3, 0.4) is 0 Å². The van der Waals surface area contributed by atoms with Crippen LogP contribution in [0.2, 0.25) is 0 Å². The largest absolute Gasteiger partial charge is 0.330 e. The monoisotopic (exact) mass is 384 g/mol. The molecule has 0 N–H and O–H groups in total. The second-order valence-electron chi connectivity index (χ2n) is 6.97. The van der Waals surface area contributed by atoms with E-state index in [1.165, 1.54) is 23.5 Å². The zero-order valence-electron chi connectivity index (χ0n) is 15.3. The van der Waals surface area contributed by atoms with Gasteiger partial charge in [0.1, 0.15) is 5.82 Å². The summed E-state index contributed by atoms with van der Waals surface area (Å²) in [5.74, 6) is 0.317. The third-order valence-corrected chi connectivity index (χ3v) is 5.91. The quantitative estimate of drug-likeness (QED) is 0.666. The lowest BCUT2D eigenvalue weighted by Crippen LogP contribution is -2.47. The molecular weight excluding hydrogens is 363 g/mol. The number of amides is 1. The molecule has 1 fully saturated rings. The van der Waals surface area contributed by atoms with Crippen LogP contribution in [0.1, 0.15) is 43.7 Å². The molecule has 1 aliphatic heterocycles. The van der Waals surface area contributed by atoms with Crippen molar-refractivity contribution in [3.8, 4) is 16.4 Å². The number of hydrogen-bond donors (Lipinski definition) is 0. The zero-order valence-corrected chi connectivity index (χ0v) is 16.1. The Morgan fingerprint density at radius 3 is 2.48 bits per heavy atom. The fraction of sp³-hybridized carbons (Fsp3) is 0.350. The lowest BCUT2D eigenvalue weighted by Gasteiger charge is -2.38. The molecule has 2 aromatic heterocycles. The lowest BCUT2D eigenvalue weighted by atomic mass is 9.97. The van der Waals surface area contributed by atoms with Gasteiger partial charge in [0.05, 0.1) is 10.6 Å². The van der Waals surface area contributed by atoms with Crippen molar-refractivity contribution >= 4 is 17.2 Å². The van der Waals surface area contributed by atoms with Crippen molar-refractivity contribution in [2.75, 3.05) is 0 Å². The molecule has 1 saturated heterocycles. The highest BCUT2D eigenvalue weighted by Crippen LogP contribution is 2.28. The van der Waals surface area contributed by atoms with Crippen LogP contribution in [-0.4, -0.2) is 37.7 Å². The van der Waals surface area contributed by atoms with Crippen LogP contribution in [0.15, 0.2) is 41.8 Å². The molecule has 140 valence electrons. The molecule has 0 bridgehead atoms. The highest BCUT2D eigenvalue weighted by atomic mass is 32.1. The minimum Gasteiger partial charge on any atom is -0.330 e. The third-order valence-electron chi connectivity index (χ3n) is 5.04. The number of piperidine rings is 1. The van der Waals surface area contributed by atoms with E-state index in [0.29, 0.717) is 11.5 Å². The second-order valence-corrected chi connectivity index (χ2v) is 7.91. The number of nitrogens with zero attached hydrogens (tertiary/aromatic N) is 4. The van der Waals surface area contributed by atoms with Gasteiger partial charge in [-0.15, -0.1) is 16.4 Å². The van der Waals surface area contributed by atoms with Crippen molar-refractivity contribution in [3.63, 3.8) is 0 Å². The van der Waals surface area contributed by atoms with Gasteiger partial charge in [-0.1, -0.05) is 6.07 Å². The molecule has 0 unspecified atom stereocenters. The van der Waals surface area contributed by atoms with Gasteiger partial charge < -0.3 is 4.90 Å². The van der Waals surface area contributed by atoms with E-state index in [-0.39, 0.29) is 29.6 Å². The molecule has 0 spiro atoms. The molecule has 3 aromatic rings. The van der Waals surface area contributed by atoms with Gasteiger partial charge in [-0.3, -0.25) is 4.79 Å². The Labute approximate surface area is 161 Å². The summed E-state index contributed by atoms with van der Waals surface area (Å²) in [6.07, 6.45) is 3.11. The first-order valence-corrected chi connectivity index (χ1v) is 10.0. The van der Waals surface area contributed by atoms with Gasteiger partial charge in [-0.25, -0.2) is 14.1 Å². The zero-order chi connectivity index (χ0) is 19.0. The van der Waals surface area contributed by atoms with Crippen LogP contribution >= 0.6 is 11.3 Å². The fourth-order valence-electron chi connectivity index (χ4n) is 3.67. The standard InChI is InChI=1S/C20H21FN4OS/c1-13-5-3-6-14(2)24(13)20(26)18-22-19(17-7-4-12-27-17)25(23-18)16-10-8-15(21)9-11-16/h4,7-14H,3,5-6H2,1-2H3/t13-,14+. The number of likely N-dealkylation sites (tertiary alicyclic amines) is 1. The van der Waals surface area contributed by atoms with E-state index in [4.69, 9.17) is 0 Å². The molecule has 2 atom stereocenters. The maximum Gasteiger partial charge on any atom is 0.294 e. The molecule has 1 aliphatic rings. The van der Waals surface area contributed by atoms with Crippen molar-refractivity contribution in [3.05, 3.63) is 53.4 Å². The van der Waals surface area contributed by atoms with Gasteiger partial charge in [-0.05, 0) is 68.8 Å². The van der Waals surface area contributed by atoms with Gasteiger partial charge in [0.25, 0.3) is 5.91 Å². The Balaban J connectivity index is 1.77. The molecular formula is C20H21FN4OS. The molecule has 27 heavy (non-hydrogen) atoms. The van der Waals surface area contributed by atoms with Crippen molar-refractivity contribution < 1.29 is 9.18 Å². The number of rotatable bonds is 3. The van der Waals surface area contributed by atoms with Crippen LogP contribution in [0.5, 0.6) is 0 Å². The summed E-state index contributed by atoms with van der Waals surface area (Å²) in [5.41, 5.74) is 0.672. The van der Waals surface area contributed by atoms with Crippen molar-refractivity contribution in [1.29, 1.82) is 0 Å². The van der Waals surface area contributed by atoms with E-state index < -0.39 is 0 Å². The van der Waals surface area contributed by atoms with E-state index in [2.05, 4.69) is 23.9 Å². The predicted molar refractivity (Wildman–Crippen MR) is 104 cm³/mol. The van der Waals surface area contributed by atoms with Crippen LogP contribution in [-0.2, 0) is 0 Å². The normalized spacial score (nSPS) is 20.0. The highest BCUT2D eigenvalue weighted by molar-refractivity contribution is 7.13. The number of aromatic nitrogens is 3. The third kappa shape index (κ3) is 3.39. The van der Waals surface area contributed by atoms with E-state index in [1.54, 1.807) is 16.8 Å². The molecule has 1 amide bonds. The smallest absolute Gasteiger partial charge is 0.294 e. The minimum absolute atomic E-state index is 0.145. The predicted octanol–water partition coefficient (Wildman–Crippen LogP) is 4.54. The number of benzene rings is 1. The van der Waals surface area contributed by atoms with Gasteiger partial charge >= 0.3 is 0 Å². The summed E-state index contributed by atoms with van der Waals surface area (Å²) in [4.78, 5) is 20.5. The number of halogens is 1. The van der Waals surface area contributed by atoms with Crippen LogP contribution in [0, 0.1) is 5.82 Å². The highest BCUT2D eigenvalue weighted by Gasteiger charge is 2.32. The number of hydrogen-bond acceptors (Lipinski definition) is 4. The summed E-state index contributed by atoms with van der Waals surface area (Å²) in [6.45, 7) is 4.15. The summed E-state index contributed by atoms with van der Waals surface area (Å²) >= 11 is 1.53. The summed E-state index contributed by atoms with van der Waals surface area (Å²) < 4.78 is 15.0. The van der Waals surface area contributed by atoms with Gasteiger partial charge in [0.15, 0.2) is 5.82 Å². The van der Waals surface area contributed by atoms with Crippen molar-refractivity contribution in [2.24, 2.45) is 0 Å². The molecule has 0 radical (unpaired) electrons. The summed E-state index contributed by atoms with van der Waals surface area (Å²) in [7, 11) is 0. The average molecular weight is 384 g/mol. The first-order valence-electron chi connectivity index (χ1n) is 9.14. The molecule has 7 heteroatoms. The Hall–Kier alpha value is -2.54. The SMILES string of the molecule is C[C@@H]1CCC[C@H](C)N1C(=O)c1nc(-c2cccs2)n(-c2ccc(F)cc2)n1. The van der Waals surface area contributed by atoms with E-state index in [0.717, 1.165) is 24.1 Å². The Morgan fingerprint density at radius 2 is 1.85 bits per heavy atom. The molecule has 0 saturated carbocycles. The molecule has 1 aromatic carbocycles. The van der Waals surface area contributed by atoms with E-state index in [1.807, 2.05) is 22.4 Å². The molecule has 4 rings (SSSR count). The minimum atomic E-state index is -0.316. The van der Waals surface area contributed by atoms with Crippen molar-refractivity contribution in [2.45, 2.75) is 45.2 Å². The maximum atomic E-state index is 13.3. The van der Waals surface area contributed by atoms with Gasteiger partial charge in [-0.2, -0.15) is 0 Å². The van der Waals surface area contributed by atoms with Gasteiger partial charge in [0.2, 0.25) is 5.82 Å². The van der Waals surface area contributed by atoms with Crippen LogP contribution in [0.25, 0.3) is 16.4 Å². The fourth-order valence-corrected chi connectivity index (χ4v) is 4.37. The van der Waals surface area contributed by atoms with Crippen molar-refractivity contribution in [1.82, 2.24) is 19.7 Å². The Kier molecular flexibility index (Phi) is 4.78. The molecule has 5 nitrogen and oxygen atoms in total. The number of thiophene rings is 1. The Bertz CT molecular complexity index is 926. The van der Waals surface area contributed by atoms with E-state index >= 15 is 0 Å². The van der Waals surface area contributed by atoms with E-state index in [9.17, 15) is 9.18 Å². The Morgan fingerprint density at radius 1 is 1.15 bits per heavy atom. The van der Waals surface area contributed by atoms with Gasteiger partial charge in [0, 0.05) is 12.1 Å². The molecule has 3 heterocycles.